The first kappa shape index (κ1) is 12.5. The Morgan fingerprint density at radius 1 is 1.50 bits per heavy atom. The van der Waals surface area contributed by atoms with E-state index in [4.69, 9.17) is 5.73 Å². The van der Waals surface area contributed by atoms with Crippen molar-refractivity contribution in [2.24, 2.45) is 11.7 Å². The van der Waals surface area contributed by atoms with E-state index in [9.17, 15) is 9.59 Å². The predicted octanol–water partition coefficient (Wildman–Crippen LogP) is 0.986. The van der Waals surface area contributed by atoms with Crippen molar-refractivity contribution in [3.05, 3.63) is 23.9 Å². The SMILES string of the molecule is CC(=O)C1CCCN(c2ncccc2C(N)=O)C1. The van der Waals surface area contributed by atoms with Crippen LogP contribution in [0.1, 0.15) is 30.1 Å². The van der Waals surface area contributed by atoms with Crippen LogP contribution in [0.15, 0.2) is 18.3 Å². The Kier molecular flexibility index (Phi) is 3.60. The zero-order chi connectivity index (χ0) is 13.1. The summed E-state index contributed by atoms with van der Waals surface area (Å²) in [7, 11) is 0. The topological polar surface area (TPSA) is 76.3 Å². The second-order valence-corrected chi connectivity index (χ2v) is 4.63. The third-order valence-corrected chi connectivity index (χ3v) is 3.35. The van der Waals surface area contributed by atoms with Gasteiger partial charge in [0.25, 0.3) is 5.91 Å². The number of anilines is 1. The minimum Gasteiger partial charge on any atom is -0.365 e. The van der Waals surface area contributed by atoms with E-state index in [2.05, 4.69) is 4.98 Å². The maximum absolute atomic E-state index is 11.5. The molecule has 0 aromatic carbocycles. The number of rotatable bonds is 3. The van der Waals surface area contributed by atoms with Crippen LogP contribution in [0, 0.1) is 5.92 Å². The van der Waals surface area contributed by atoms with Crippen LogP contribution in [0.3, 0.4) is 0 Å². The number of carbonyl (C=O) groups is 2. The third kappa shape index (κ3) is 2.50. The van der Waals surface area contributed by atoms with Gasteiger partial charge in [0.2, 0.25) is 0 Å². The van der Waals surface area contributed by atoms with Crippen LogP contribution in [0.4, 0.5) is 5.82 Å². The lowest BCUT2D eigenvalue weighted by Crippen LogP contribution is -2.39. The molecular weight excluding hydrogens is 230 g/mol. The van der Waals surface area contributed by atoms with Crippen LogP contribution in [-0.2, 0) is 4.79 Å². The molecule has 1 fully saturated rings. The second kappa shape index (κ2) is 5.16. The van der Waals surface area contributed by atoms with E-state index >= 15 is 0 Å². The molecule has 1 atom stereocenters. The number of nitrogens with zero attached hydrogens (tertiary/aromatic N) is 2. The molecule has 1 amide bonds. The van der Waals surface area contributed by atoms with Gasteiger partial charge < -0.3 is 10.6 Å². The zero-order valence-electron chi connectivity index (χ0n) is 10.4. The molecule has 5 heteroatoms. The zero-order valence-corrected chi connectivity index (χ0v) is 10.4. The molecule has 1 aliphatic rings. The first-order chi connectivity index (χ1) is 8.59. The van der Waals surface area contributed by atoms with Gasteiger partial charge in [-0.1, -0.05) is 0 Å². The van der Waals surface area contributed by atoms with Gasteiger partial charge in [0.15, 0.2) is 0 Å². The summed E-state index contributed by atoms with van der Waals surface area (Å²) in [4.78, 5) is 29.0. The minimum absolute atomic E-state index is 0.0292. The number of amides is 1. The molecular formula is C13H17N3O2. The molecule has 0 radical (unpaired) electrons. The molecule has 1 unspecified atom stereocenters. The standard InChI is InChI=1S/C13H17N3O2/c1-9(17)10-4-3-7-16(8-10)13-11(12(14)18)5-2-6-15-13/h2,5-6,10H,3-4,7-8H2,1H3,(H2,14,18). The lowest BCUT2D eigenvalue weighted by Gasteiger charge is -2.33. The molecule has 2 N–H and O–H groups in total. The number of primary amides is 1. The fourth-order valence-electron chi connectivity index (χ4n) is 2.34. The maximum Gasteiger partial charge on any atom is 0.252 e. The van der Waals surface area contributed by atoms with Crippen molar-refractivity contribution in [1.82, 2.24) is 4.98 Å². The van der Waals surface area contributed by atoms with Gasteiger partial charge in [-0.15, -0.1) is 0 Å². The largest absolute Gasteiger partial charge is 0.365 e. The summed E-state index contributed by atoms with van der Waals surface area (Å²) in [6.45, 7) is 3.04. The number of Topliss-reactive ketones (excluding diaryl/α,β-unsaturated/α-hetero) is 1. The number of ketones is 1. The van der Waals surface area contributed by atoms with Gasteiger partial charge >= 0.3 is 0 Å². The van der Waals surface area contributed by atoms with Gasteiger partial charge in [-0.2, -0.15) is 0 Å². The number of pyridine rings is 1. The molecule has 0 saturated carbocycles. The molecule has 1 aromatic heterocycles. The monoisotopic (exact) mass is 247 g/mol. The van der Waals surface area contributed by atoms with Crippen LogP contribution in [0.2, 0.25) is 0 Å². The molecule has 96 valence electrons. The Balaban J connectivity index is 2.26. The Hall–Kier alpha value is -1.91. The average Bonchev–Trinajstić information content (AvgIpc) is 2.39. The average molecular weight is 247 g/mol. The summed E-state index contributed by atoms with van der Waals surface area (Å²) >= 11 is 0. The van der Waals surface area contributed by atoms with Crippen molar-refractivity contribution < 1.29 is 9.59 Å². The number of nitrogens with two attached hydrogens (primary N) is 1. The summed E-state index contributed by atoms with van der Waals surface area (Å²) in [5.41, 5.74) is 5.76. The van der Waals surface area contributed by atoms with E-state index in [1.54, 1.807) is 25.3 Å². The normalized spacial score (nSPS) is 19.6. The Labute approximate surface area is 106 Å². The van der Waals surface area contributed by atoms with Crippen LogP contribution in [0.5, 0.6) is 0 Å². The fraction of sp³-hybridized carbons (Fsp3) is 0.462. The smallest absolute Gasteiger partial charge is 0.252 e. The Morgan fingerprint density at radius 2 is 2.28 bits per heavy atom. The van der Waals surface area contributed by atoms with Crippen LogP contribution < -0.4 is 10.6 Å². The third-order valence-electron chi connectivity index (χ3n) is 3.35. The van der Waals surface area contributed by atoms with Crippen LogP contribution in [0.25, 0.3) is 0 Å². The van der Waals surface area contributed by atoms with Crippen molar-refractivity contribution in [3.8, 4) is 0 Å². The number of aromatic nitrogens is 1. The van der Waals surface area contributed by atoms with E-state index in [0.29, 0.717) is 17.9 Å². The highest BCUT2D eigenvalue weighted by atomic mass is 16.1. The molecule has 1 aromatic rings. The summed E-state index contributed by atoms with van der Waals surface area (Å²) in [5, 5.41) is 0. The van der Waals surface area contributed by atoms with E-state index in [1.165, 1.54) is 0 Å². The number of hydrogen-bond donors (Lipinski definition) is 1. The van der Waals surface area contributed by atoms with Gasteiger partial charge in [0.1, 0.15) is 11.6 Å². The maximum atomic E-state index is 11.5. The van der Waals surface area contributed by atoms with E-state index < -0.39 is 5.91 Å². The van der Waals surface area contributed by atoms with E-state index in [-0.39, 0.29) is 11.7 Å². The summed E-state index contributed by atoms with van der Waals surface area (Å²) < 4.78 is 0. The van der Waals surface area contributed by atoms with Crippen molar-refractivity contribution in [3.63, 3.8) is 0 Å². The number of hydrogen-bond acceptors (Lipinski definition) is 4. The molecule has 0 bridgehead atoms. The van der Waals surface area contributed by atoms with Crippen LogP contribution >= 0.6 is 0 Å². The van der Waals surface area contributed by atoms with Gasteiger partial charge in [0, 0.05) is 25.2 Å². The highest BCUT2D eigenvalue weighted by Gasteiger charge is 2.26. The van der Waals surface area contributed by atoms with E-state index in [1.807, 2.05) is 4.90 Å². The molecule has 2 heterocycles. The summed E-state index contributed by atoms with van der Waals surface area (Å²) in [5.74, 6) is 0.330. The fourth-order valence-corrected chi connectivity index (χ4v) is 2.34. The lowest BCUT2D eigenvalue weighted by molar-refractivity contribution is -0.120. The molecule has 1 saturated heterocycles. The predicted molar refractivity (Wildman–Crippen MR) is 68.4 cm³/mol. The highest BCUT2D eigenvalue weighted by Crippen LogP contribution is 2.24. The number of piperidine rings is 1. The molecule has 18 heavy (non-hydrogen) atoms. The van der Waals surface area contributed by atoms with Gasteiger partial charge in [-0.05, 0) is 31.9 Å². The lowest BCUT2D eigenvalue weighted by atomic mass is 9.94. The quantitative estimate of drug-likeness (QED) is 0.864. The van der Waals surface area contributed by atoms with Crippen molar-refractivity contribution in [2.75, 3.05) is 18.0 Å². The van der Waals surface area contributed by atoms with Crippen molar-refractivity contribution >= 4 is 17.5 Å². The van der Waals surface area contributed by atoms with Crippen molar-refractivity contribution in [2.45, 2.75) is 19.8 Å². The second-order valence-electron chi connectivity index (χ2n) is 4.63. The minimum atomic E-state index is -0.483. The first-order valence-electron chi connectivity index (χ1n) is 6.10. The molecule has 0 aliphatic carbocycles. The molecule has 2 rings (SSSR count). The van der Waals surface area contributed by atoms with Crippen molar-refractivity contribution in [1.29, 1.82) is 0 Å². The van der Waals surface area contributed by atoms with Crippen LogP contribution in [-0.4, -0.2) is 29.8 Å². The molecule has 0 spiro atoms. The summed E-state index contributed by atoms with van der Waals surface area (Å²) in [6, 6.07) is 3.36. The number of carbonyl (C=O) groups excluding carboxylic acids is 2. The Bertz CT molecular complexity index is 473. The van der Waals surface area contributed by atoms with Gasteiger partial charge in [0.05, 0.1) is 5.56 Å². The van der Waals surface area contributed by atoms with E-state index in [0.717, 1.165) is 19.4 Å². The molecule has 5 nitrogen and oxygen atoms in total. The highest BCUT2D eigenvalue weighted by molar-refractivity contribution is 5.97. The molecule has 1 aliphatic heterocycles. The Morgan fingerprint density at radius 3 is 2.94 bits per heavy atom. The van der Waals surface area contributed by atoms with Gasteiger partial charge in [-0.25, -0.2) is 4.98 Å². The summed E-state index contributed by atoms with van der Waals surface area (Å²) in [6.07, 6.45) is 3.47. The first-order valence-corrected chi connectivity index (χ1v) is 6.10. The van der Waals surface area contributed by atoms with Gasteiger partial charge in [-0.3, -0.25) is 9.59 Å².